The first kappa shape index (κ1) is 18.4. The number of carbonyl (C=O) groups excluding carboxylic acids is 2. The van der Waals surface area contributed by atoms with Gasteiger partial charge in [0.15, 0.2) is 0 Å². The van der Waals surface area contributed by atoms with Crippen molar-refractivity contribution < 1.29 is 19.1 Å². The summed E-state index contributed by atoms with van der Waals surface area (Å²) in [6.07, 6.45) is 1.50. The van der Waals surface area contributed by atoms with E-state index in [-0.39, 0.29) is 13.2 Å². The molecule has 5 nitrogen and oxygen atoms in total. The van der Waals surface area contributed by atoms with Gasteiger partial charge in [0.25, 0.3) is 0 Å². The monoisotopic (exact) mass is 325 g/mol. The van der Waals surface area contributed by atoms with Gasteiger partial charge in [0.2, 0.25) is 0 Å². The van der Waals surface area contributed by atoms with Crippen LogP contribution >= 0.6 is 11.8 Å². The van der Waals surface area contributed by atoms with Gasteiger partial charge in [-0.1, -0.05) is 12.1 Å². The van der Waals surface area contributed by atoms with Crippen LogP contribution < -0.4 is 5.32 Å². The van der Waals surface area contributed by atoms with Gasteiger partial charge in [-0.05, 0) is 44.7 Å². The van der Waals surface area contributed by atoms with Crippen molar-refractivity contribution in [1.29, 1.82) is 0 Å². The molecule has 122 valence electrons. The third kappa shape index (κ3) is 7.36. The van der Waals surface area contributed by atoms with E-state index in [9.17, 15) is 9.59 Å². The fourth-order valence-corrected chi connectivity index (χ4v) is 2.12. The highest BCUT2D eigenvalue weighted by molar-refractivity contribution is 7.97. The van der Waals surface area contributed by atoms with Crippen LogP contribution in [0.5, 0.6) is 0 Å². The maximum absolute atomic E-state index is 11.8. The number of ether oxygens (including phenoxy) is 2. The SMILES string of the molecule is CSCc1ccc(C(=O)OCCNC(=O)OC(C)(C)C)cc1. The number of nitrogens with one attached hydrogen (secondary N) is 1. The molecule has 0 bridgehead atoms. The van der Waals surface area contributed by atoms with Gasteiger partial charge in [0.1, 0.15) is 12.2 Å². The van der Waals surface area contributed by atoms with Crippen LogP contribution in [0.2, 0.25) is 0 Å². The molecule has 0 aromatic heterocycles. The summed E-state index contributed by atoms with van der Waals surface area (Å²) >= 11 is 1.72. The predicted octanol–water partition coefficient (Wildman–Crippen LogP) is 3.23. The highest BCUT2D eigenvalue weighted by atomic mass is 32.2. The molecule has 0 saturated carbocycles. The molecule has 0 heterocycles. The van der Waals surface area contributed by atoms with E-state index in [0.717, 1.165) is 11.3 Å². The molecule has 0 atom stereocenters. The van der Waals surface area contributed by atoms with Crippen LogP contribution in [0.15, 0.2) is 24.3 Å². The minimum Gasteiger partial charge on any atom is -0.460 e. The quantitative estimate of drug-likeness (QED) is 0.642. The number of amides is 1. The lowest BCUT2D eigenvalue weighted by atomic mass is 10.1. The average Bonchev–Trinajstić information content (AvgIpc) is 2.42. The molecule has 1 N–H and O–H groups in total. The third-order valence-electron chi connectivity index (χ3n) is 2.50. The average molecular weight is 325 g/mol. The second-order valence-corrected chi connectivity index (χ2v) is 6.56. The Morgan fingerprint density at radius 2 is 1.82 bits per heavy atom. The smallest absolute Gasteiger partial charge is 0.407 e. The van der Waals surface area contributed by atoms with Crippen molar-refractivity contribution >= 4 is 23.8 Å². The maximum atomic E-state index is 11.8. The first-order valence-electron chi connectivity index (χ1n) is 7.03. The molecule has 1 amide bonds. The summed E-state index contributed by atoms with van der Waals surface area (Å²) < 4.78 is 10.2. The molecule has 0 aliphatic rings. The van der Waals surface area contributed by atoms with Crippen molar-refractivity contribution in [3.05, 3.63) is 35.4 Å². The van der Waals surface area contributed by atoms with Crippen LogP contribution in [0.3, 0.4) is 0 Å². The van der Waals surface area contributed by atoms with E-state index in [0.29, 0.717) is 5.56 Å². The molecule has 1 aromatic carbocycles. The second kappa shape index (κ2) is 8.68. The Balaban J connectivity index is 2.30. The van der Waals surface area contributed by atoms with Crippen molar-refractivity contribution in [3.8, 4) is 0 Å². The van der Waals surface area contributed by atoms with Crippen LogP contribution in [-0.4, -0.2) is 37.1 Å². The summed E-state index contributed by atoms with van der Waals surface area (Å²) in [6, 6.07) is 7.31. The minimum atomic E-state index is -0.542. The Morgan fingerprint density at radius 3 is 2.36 bits per heavy atom. The zero-order valence-electron chi connectivity index (χ0n) is 13.5. The Kier molecular flexibility index (Phi) is 7.24. The van der Waals surface area contributed by atoms with E-state index in [4.69, 9.17) is 9.47 Å². The van der Waals surface area contributed by atoms with E-state index >= 15 is 0 Å². The zero-order chi connectivity index (χ0) is 16.6. The van der Waals surface area contributed by atoms with Gasteiger partial charge in [-0.25, -0.2) is 9.59 Å². The summed E-state index contributed by atoms with van der Waals surface area (Å²) in [6.45, 7) is 5.67. The molecule has 22 heavy (non-hydrogen) atoms. The van der Waals surface area contributed by atoms with Crippen molar-refractivity contribution in [3.63, 3.8) is 0 Å². The second-order valence-electron chi connectivity index (χ2n) is 5.69. The third-order valence-corrected chi connectivity index (χ3v) is 3.13. The Morgan fingerprint density at radius 1 is 1.18 bits per heavy atom. The lowest BCUT2D eigenvalue weighted by molar-refractivity contribution is 0.0433. The first-order valence-corrected chi connectivity index (χ1v) is 8.43. The first-order chi connectivity index (χ1) is 10.3. The molecule has 0 unspecified atom stereocenters. The van der Waals surface area contributed by atoms with Crippen LogP contribution in [0.1, 0.15) is 36.7 Å². The number of benzene rings is 1. The molecular formula is C16H23NO4S. The molecule has 0 radical (unpaired) electrons. The fraction of sp³-hybridized carbons (Fsp3) is 0.500. The lowest BCUT2D eigenvalue weighted by Gasteiger charge is -2.19. The molecule has 0 aliphatic heterocycles. The van der Waals surface area contributed by atoms with Gasteiger partial charge < -0.3 is 14.8 Å². The lowest BCUT2D eigenvalue weighted by Crippen LogP contribution is -2.34. The molecule has 0 saturated heterocycles. The fourth-order valence-electron chi connectivity index (χ4n) is 1.60. The summed E-state index contributed by atoms with van der Waals surface area (Å²) in [5.74, 6) is 0.511. The van der Waals surface area contributed by atoms with Crippen LogP contribution in [0.4, 0.5) is 4.79 Å². The summed E-state index contributed by atoms with van der Waals surface area (Å²) in [7, 11) is 0. The molecule has 6 heteroatoms. The minimum absolute atomic E-state index is 0.102. The molecule has 0 fully saturated rings. The molecule has 1 rings (SSSR count). The molecule has 0 aliphatic carbocycles. The van der Waals surface area contributed by atoms with E-state index < -0.39 is 17.7 Å². The topological polar surface area (TPSA) is 64.6 Å². The van der Waals surface area contributed by atoms with Gasteiger partial charge in [0.05, 0.1) is 12.1 Å². The van der Waals surface area contributed by atoms with Gasteiger partial charge in [-0.3, -0.25) is 0 Å². The van der Waals surface area contributed by atoms with Gasteiger partial charge >= 0.3 is 12.1 Å². The highest BCUT2D eigenvalue weighted by Crippen LogP contribution is 2.11. The largest absolute Gasteiger partial charge is 0.460 e. The van der Waals surface area contributed by atoms with E-state index in [1.807, 2.05) is 18.4 Å². The van der Waals surface area contributed by atoms with E-state index in [1.165, 1.54) is 0 Å². The molecule has 0 spiro atoms. The van der Waals surface area contributed by atoms with Crippen LogP contribution in [-0.2, 0) is 15.2 Å². The number of carbonyl (C=O) groups is 2. The van der Waals surface area contributed by atoms with Crippen LogP contribution in [0, 0.1) is 0 Å². The summed E-state index contributed by atoms with van der Waals surface area (Å²) in [5.41, 5.74) is 1.12. The number of esters is 1. The number of hydrogen-bond donors (Lipinski definition) is 1. The summed E-state index contributed by atoms with van der Waals surface area (Å²) in [4.78, 5) is 23.2. The summed E-state index contributed by atoms with van der Waals surface area (Å²) in [5, 5.41) is 2.53. The van der Waals surface area contributed by atoms with Gasteiger partial charge in [0, 0.05) is 5.75 Å². The Hall–Kier alpha value is -1.69. The highest BCUT2D eigenvalue weighted by Gasteiger charge is 2.15. The zero-order valence-corrected chi connectivity index (χ0v) is 14.3. The van der Waals surface area contributed by atoms with Gasteiger partial charge in [-0.2, -0.15) is 11.8 Å². The number of alkyl carbamates (subject to hydrolysis) is 1. The van der Waals surface area contributed by atoms with Gasteiger partial charge in [-0.15, -0.1) is 0 Å². The Labute approximate surface area is 135 Å². The number of thioether (sulfide) groups is 1. The van der Waals surface area contributed by atoms with Crippen molar-refractivity contribution in [2.75, 3.05) is 19.4 Å². The normalized spacial score (nSPS) is 10.9. The van der Waals surface area contributed by atoms with Crippen LogP contribution in [0.25, 0.3) is 0 Å². The van der Waals surface area contributed by atoms with Crippen molar-refractivity contribution in [1.82, 2.24) is 5.32 Å². The standard InChI is InChI=1S/C16H23NO4S/c1-16(2,3)21-15(19)17-9-10-20-14(18)13-7-5-12(6-8-13)11-22-4/h5-8H,9-11H2,1-4H3,(H,17,19). The predicted molar refractivity (Wildman–Crippen MR) is 88.2 cm³/mol. The number of hydrogen-bond acceptors (Lipinski definition) is 5. The maximum Gasteiger partial charge on any atom is 0.407 e. The van der Waals surface area contributed by atoms with Crippen molar-refractivity contribution in [2.45, 2.75) is 32.1 Å². The Bertz CT molecular complexity index is 494. The van der Waals surface area contributed by atoms with Crippen molar-refractivity contribution in [2.24, 2.45) is 0 Å². The molecule has 1 aromatic rings. The molecular weight excluding hydrogens is 302 g/mol. The van der Waals surface area contributed by atoms with E-state index in [2.05, 4.69) is 5.32 Å². The number of rotatable bonds is 6. The van der Waals surface area contributed by atoms with E-state index in [1.54, 1.807) is 44.7 Å².